The van der Waals surface area contributed by atoms with E-state index in [1.54, 1.807) is 0 Å². The Morgan fingerprint density at radius 2 is 1.63 bits per heavy atom. The summed E-state index contributed by atoms with van der Waals surface area (Å²) in [6, 6.07) is 2.28. The second-order valence-electron chi connectivity index (χ2n) is 6.55. The lowest BCUT2D eigenvalue weighted by atomic mass is 10.1. The highest BCUT2D eigenvalue weighted by atomic mass is 16.4. The second-order valence-corrected chi connectivity index (χ2v) is 6.55. The van der Waals surface area contributed by atoms with Crippen molar-refractivity contribution in [2.45, 2.75) is 37.9 Å². The van der Waals surface area contributed by atoms with Crippen LogP contribution in [0.2, 0.25) is 0 Å². The Balaban J connectivity index is 2.53. The van der Waals surface area contributed by atoms with E-state index in [2.05, 4.69) is 16.0 Å². The van der Waals surface area contributed by atoms with E-state index in [1.807, 2.05) is 0 Å². The Kier molecular flexibility index (Phi) is 9.23. The maximum absolute atomic E-state index is 12.2. The fourth-order valence-corrected chi connectivity index (χ4v) is 2.33. The van der Waals surface area contributed by atoms with Crippen molar-refractivity contribution < 1.29 is 34.2 Å². The molecule has 1 rings (SSSR count). The van der Waals surface area contributed by atoms with E-state index in [0.29, 0.717) is 5.56 Å². The molecule has 0 saturated heterocycles. The van der Waals surface area contributed by atoms with Gasteiger partial charge in [0, 0.05) is 6.42 Å². The minimum atomic E-state index is -1.27. The number of carboxylic acids is 1. The molecule has 3 unspecified atom stereocenters. The number of primary amides is 1. The topological polar surface area (TPSA) is 214 Å². The molecule has 0 aliphatic rings. The van der Waals surface area contributed by atoms with E-state index in [9.17, 15) is 34.2 Å². The van der Waals surface area contributed by atoms with Crippen LogP contribution in [0.4, 0.5) is 0 Å². The van der Waals surface area contributed by atoms with Gasteiger partial charge >= 0.3 is 5.97 Å². The van der Waals surface area contributed by atoms with Gasteiger partial charge in [0.1, 0.15) is 17.8 Å². The molecule has 0 spiro atoms. The number of phenolic OH excluding ortho intramolecular Hbond substituents is 1. The number of carbonyl (C=O) groups is 5. The van der Waals surface area contributed by atoms with Crippen molar-refractivity contribution in [3.05, 3.63) is 29.8 Å². The van der Waals surface area contributed by atoms with E-state index >= 15 is 0 Å². The van der Waals surface area contributed by atoms with Gasteiger partial charge in [-0.05, 0) is 24.6 Å². The van der Waals surface area contributed by atoms with Crippen molar-refractivity contribution >= 4 is 29.6 Å². The minimum Gasteiger partial charge on any atom is -0.508 e. The number of carbonyl (C=O) groups excluding carboxylic acids is 4. The van der Waals surface area contributed by atoms with E-state index < -0.39 is 54.3 Å². The Labute approximate surface area is 172 Å². The number of rotatable bonds is 11. The molecule has 0 aromatic heterocycles. The van der Waals surface area contributed by atoms with Crippen molar-refractivity contribution in [3.63, 3.8) is 0 Å². The van der Waals surface area contributed by atoms with Crippen molar-refractivity contribution in [1.29, 1.82) is 0 Å². The van der Waals surface area contributed by atoms with Crippen molar-refractivity contribution in [3.8, 4) is 5.75 Å². The quantitative estimate of drug-likeness (QED) is 0.199. The number of hydrogen-bond acceptors (Lipinski definition) is 7. The largest absolute Gasteiger partial charge is 0.508 e. The van der Waals surface area contributed by atoms with Crippen LogP contribution in [-0.4, -0.2) is 64.5 Å². The highest BCUT2D eigenvalue weighted by Crippen LogP contribution is 2.11. The van der Waals surface area contributed by atoms with Gasteiger partial charge in [0.05, 0.1) is 19.0 Å². The third kappa shape index (κ3) is 8.56. The van der Waals surface area contributed by atoms with E-state index in [4.69, 9.17) is 11.5 Å². The number of carboxylic acid groups (broad SMARTS) is 1. The lowest BCUT2D eigenvalue weighted by Gasteiger charge is -2.19. The lowest BCUT2D eigenvalue weighted by Crippen LogP contribution is -2.53. The molecule has 0 aliphatic carbocycles. The highest BCUT2D eigenvalue weighted by molar-refractivity contribution is 5.93. The summed E-state index contributed by atoms with van der Waals surface area (Å²) in [7, 11) is 0. The van der Waals surface area contributed by atoms with Crippen LogP contribution in [0.1, 0.15) is 18.9 Å². The Morgan fingerprint density at radius 3 is 2.17 bits per heavy atom. The van der Waals surface area contributed by atoms with E-state index in [0.717, 1.165) is 0 Å². The molecule has 12 heteroatoms. The van der Waals surface area contributed by atoms with Crippen molar-refractivity contribution in [2.75, 3.05) is 6.54 Å². The first-order valence-corrected chi connectivity index (χ1v) is 8.91. The standard InChI is InChI=1S/C18H25N5O7/c1-9(22-15(26)8-21-17(28)12(19)7-14(20)25)16(27)23-13(18(29)30)6-10-2-4-11(24)5-3-10/h2-5,9,12-13,24H,6-8,19H2,1H3,(H2,20,25)(H,21,28)(H,22,26)(H,23,27)(H,29,30). The zero-order chi connectivity index (χ0) is 22.8. The average Bonchev–Trinajstić information content (AvgIpc) is 2.66. The van der Waals surface area contributed by atoms with Gasteiger partial charge in [-0.1, -0.05) is 12.1 Å². The van der Waals surface area contributed by atoms with E-state index in [-0.39, 0.29) is 18.6 Å². The van der Waals surface area contributed by atoms with Gasteiger partial charge in [-0.2, -0.15) is 0 Å². The number of aromatic hydroxyl groups is 1. The molecule has 164 valence electrons. The summed E-state index contributed by atoms with van der Waals surface area (Å²) in [6.45, 7) is 0.839. The summed E-state index contributed by atoms with van der Waals surface area (Å²) in [4.78, 5) is 57.9. The third-order valence-corrected chi connectivity index (χ3v) is 3.94. The first-order chi connectivity index (χ1) is 14.0. The summed E-state index contributed by atoms with van der Waals surface area (Å²) in [6.07, 6.45) is -0.417. The molecule has 0 fully saturated rings. The zero-order valence-electron chi connectivity index (χ0n) is 16.3. The van der Waals surface area contributed by atoms with Crippen LogP contribution in [0.15, 0.2) is 24.3 Å². The van der Waals surface area contributed by atoms with Crippen LogP contribution >= 0.6 is 0 Å². The van der Waals surface area contributed by atoms with Crippen LogP contribution in [0.3, 0.4) is 0 Å². The number of phenols is 1. The van der Waals surface area contributed by atoms with Gasteiger partial charge in [-0.3, -0.25) is 19.2 Å². The van der Waals surface area contributed by atoms with Crippen LogP contribution in [0.5, 0.6) is 5.75 Å². The molecule has 4 amide bonds. The normalized spacial score (nSPS) is 13.4. The van der Waals surface area contributed by atoms with Gasteiger partial charge in [-0.25, -0.2) is 4.79 Å². The summed E-state index contributed by atoms with van der Waals surface area (Å²) >= 11 is 0. The maximum atomic E-state index is 12.2. The summed E-state index contributed by atoms with van der Waals surface area (Å²) in [5.41, 5.74) is 10.9. The van der Waals surface area contributed by atoms with Gasteiger partial charge in [0.2, 0.25) is 23.6 Å². The summed E-state index contributed by atoms with van der Waals surface area (Å²) < 4.78 is 0. The molecule has 0 heterocycles. The van der Waals surface area contributed by atoms with Crippen LogP contribution in [0, 0.1) is 0 Å². The number of aliphatic carboxylic acids is 1. The SMILES string of the molecule is CC(NC(=O)CNC(=O)C(N)CC(N)=O)C(=O)NC(Cc1ccc(O)cc1)C(=O)O. The van der Waals surface area contributed by atoms with Gasteiger partial charge in [0.25, 0.3) is 0 Å². The molecule has 0 saturated carbocycles. The fraction of sp³-hybridized carbons (Fsp3) is 0.389. The molecule has 9 N–H and O–H groups in total. The van der Waals surface area contributed by atoms with Crippen LogP contribution in [-0.2, 0) is 30.4 Å². The van der Waals surface area contributed by atoms with Gasteiger partial charge in [-0.15, -0.1) is 0 Å². The lowest BCUT2D eigenvalue weighted by molar-refractivity contribution is -0.142. The summed E-state index contributed by atoms with van der Waals surface area (Å²) in [5, 5.41) is 25.4. The molecule has 12 nitrogen and oxygen atoms in total. The first kappa shape index (κ1) is 24.4. The molecule has 1 aromatic rings. The number of hydrogen-bond donors (Lipinski definition) is 7. The third-order valence-electron chi connectivity index (χ3n) is 3.94. The fourth-order valence-electron chi connectivity index (χ4n) is 2.33. The Hall–Kier alpha value is -3.67. The predicted octanol–water partition coefficient (Wildman–Crippen LogP) is -2.67. The molecular formula is C18H25N5O7. The van der Waals surface area contributed by atoms with Gasteiger partial charge < -0.3 is 37.6 Å². The molecule has 0 aliphatic heterocycles. The summed E-state index contributed by atoms with van der Waals surface area (Å²) in [5.74, 6) is -4.25. The molecule has 0 radical (unpaired) electrons. The number of benzene rings is 1. The highest BCUT2D eigenvalue weighted by Gasteiger charge is 2.24. The van der Waals surface area contributed by atoms with Crippen LogP contribution < -0.4 is 27.4 Å². The average molecular weight is 423 g/mol. The Bertz CT molecular complexity index is 797. The van der Waals surface area contributed by atoms with E-state index in [1.165, 1.54) is 31.2 Å². The zero-order valence-corrected chi connectivity index (χ0v) is 16.3. The molecule has 1 aromatic carbocycles. The van der Waals surface area contributed by atoms with Crippen molar-refractivity contribution in [2.24, 2.45) is 11.5 Å². The van der Waals surface area contributed by atoms with Crippen LogP contribution in [0.25, 0.3) is 0 Å². The van der Waals surface area contributed by atoms with Crippen molar-refractivity contribution in [1.82, 2.24) is 16.0 Å². The number of amides is 4. The molecule has 30 heavy (non-hydrogen) atoms. The second kappa shape index (κ2) is 11.4. The molecular weight excluding hydrogens is 398 g/mol. The monoisotopic (exact) mass is 423 g/mol. The number of nitrogens with one attached hydrogen (secondary N) is 3. The minimum absolute atomic E-state index is 0.0219. The molecule has 0 bridgehead atoms. The van der Waals surface area contributed by atoms with Gasteiger partial charge in [0.15, 0.2) is 0 Å². The molecule has 3 atom stereocenters. The first-order valence-electron chi connectivity index (χ1n) is 8.91. The smallest absolute Gasteiger partial charge is 0.326 e. The predicted molar refractivity (Wildman–Crippen MR) is 104 cm³/mol. The Morgan fingerprint density at radius 1 is 1.03 bits per heavy atom. The number of nitrogens with two attached hydrogens (primary N) is 2. The maximum Gasteiger partial charge on any atom is 0.326 e.